The molecule has 31 heavy (non-hydrogen) atoms. The first-order chi connectivity index (χ1) is 15.2. The van der Waals surface area contributed by atoms with Gasteiger partial charge in [-0.3, -0.25) is 0 Å². The Morgan fingerprint density at radius 2 is 1.97 bits per heavy atom. The molecular formula is C22H30N6OSSn. The van der Waals surface area contributed by atoms with Crippen molar-refractivity contribution < 1.29 is 5.11 Å². The fourth-order valence-electron chi connectivity index (χ4n) is 4.82. The first-order valence-electron chi connectivity index (χ1n) is 11.4. The summed E-state index contributed by atoms with van der Waals surface area (Å²) < 4.78 is 2.45. The molecule has 164 valence electrons. The average molecular weight is 545 g/mol. The van der Waals surface area contributed by atoms with Gasteiger partial charge in [0.05, 0.1) is 0 Å². The maximum atomic E-state index is 9.18. The number of nitrogens with zero attached hydrogens (tertiary/aromatic N) is 5. The van der Waals surface area contributed by atoms with Gasteiger partial charge in [0.15, 0.2) is 0 Å². The molecule has 2 aromatic rings. The van der Waals surface area contributed by atoms with Crippen molar-refractivity contribution in [1.29, 1.82) is 0 Å². The van der Waals surface area contributed by atoms with Crippen LogP contribution in [-0.4, -0.2) is 96.6 Å². The van der Waals surface area contributed by atoms with Gasteiger partial charge in [-0.1, -0.05) is 0 Å². The number of rotatable bonds is 6. The van der Waals surface area contributed by atoms with E-state index in [-0.39, 0.29) is 12.6 Å². The van der Waals surface area contributed by atoms with E-state index in [0.29, 0.717) is 5.92 Å². The molecule has 1 unspecified atom stereocenters. The third-order valence-corrected chi connectivity index (χ3v) is 11.4. The minimum atomic E-state index is -1.03. The number of fused-ring (bicyclic) bond motifs is 1. The summed E-state index contributed by atoms with van der Waals surface area (Å²) in [5.41, 5.74) is 3.51. The van der Waals surface area contributed by atoms with Gasteiger partial charge in [-0.25, -0.2) is 0 Å². The van der Waals surface area contributed by atoms with Crippen LogP contribution in [0.4, 0.5) is 5.69 Å². The van der Waals surface area contributed by atoms with Crippen LogP contribution in [0.25, 0.3) is 6.08 Å². The van der Waals surface area contributed by atoms with E-state index in [1.165, 1.54) is 43.1 Å². The average Bonchev–Trinajstić information content (AvgIpc) is 3.46. The summed E-state index contributed by atoms with van der Waals surface area (Å²) in [5, 5.41) is 23.1. The number of aliphatic hydroxyl groups is 1. The summed E-state index contributed by atoms with van der Waals surface area (Å²) in [6.45, 7) is 7.23. The van der Waals surface area contributed by atoms with Crippen LogP contribution in [0.3, 0.4) is 0 Å². The molecule has 9 heteroatoms. The van der Waals surface area contributed by atoms with Crippen LogP contribution in [0.15, 0.2) is 17.8 Å². The molecule has 0 amide bonds. The third-order valence-electron chi connectivity index (χ3n) is 6.56. The molecular weight excluding hydrogens is 515 g/mol. The van der Waals surface area contributed by atoms with E-state index in [2.05, 4.69) is 50.4 Å². The summed E-state index contributed by atoms with van der Waals surface area (Å²) in [5.74, 6) is 0.649. The molecule has 5 rings (SSSR count). The number of β-amino-alcohol motifs (C(OH)–C–C–N with tert-alkyl or cyclic N) is 1. The van der Waals surface area contributed by atoms with Gasteiger partial charge >= 0.3 is 199 Å². The molecule has 3 aliphatic rings. The van der Waals surface area contributed by atoms with Crippen molar-refractivity contribution >= 4 is 51.0 Å². The van der Waals surface area contributed by atoms with Crippen LogP contribution in [0.1, 0.15) is 49.2 Å². The molecule has 2 radical (unpaired) electrons. The summed E-state index contributed by atoms with van der Waals surface area (Å²) in [4.78, 5) is 9.85. The number of piperazine rings is 1. The molecule has 1 atom stereocenters. The molecule has 2 aromatic heterocycles. The molecule has 2 fully saturated rings. The Labute approximate surface area is 198 Å². The third kappa shape index (κ3) is 4.91. The second kappa shape index (κ2) is 9.72. The monoisotopic (exact) mass is 546 g/mol. The van der Waals surface area contributed by atoms with E-state index in [1.807, 2.05) is 11.3 Å². The number of hydrogen-bond acceptors (Lipinski definition) is 8. The van der Waals surface area contributed by atoms with Crippen LogP contribution in [0.2, 0.25) is 0 Å². The van der Waals surface area contributed by atoms with Gasteiger partial charge in [0, 0.05) is 0 Å². The van der Waals surface area contributed by atoms with E-state index in [9.17, 15) is 5.11 Å². The standard InChI is InChI=1S/C15H21N4O.C7H9N2S.Sn/c1-12-15(11-14-13(17-12)3-2-4-16-14)19-7-5-18(6-8-19)9-10-20;1-2-4-6(3-1)7-9-8-5-10-7;/h2-3,11-12,17,20H,5-10H2,1H3;6H,1-4H2;. The Hall–Kier alpha value is -1.23. The van der Waals surface area contributed by atoms with E-state index in [4.69, 9.17) is 4.98 Å². The quantitative estimate of drug-likeness (QED) is 0.525. The molecule has 1 aliphatic carbocycles. The molecule has 2 aliphatic heterocycles. The summed E-state index contributed by atoms with van der Waals surface area (Å²) >= 11 is 0.813. The van der Waals surface area contributed by atoms with Gasteiger partial charge in [-0.15, -0.1) is 0 Å². The normalized spacial score (nSPS) is 22.3. The Morgan fingerprint density at radius 1 is 1.16 bits per heavy atom. The molecule has 1 saturated carbocycles. The number of anilines is 1. The first-order valence-corrected chi connectivity index (χ1v) is 15.0. The number of hydrogen-bond donors (Lipinski definition) is 2. The Bertz CT molecular complexity index is 936. The number of pyridine rings is 1. The van der Waals surface area contributed by atoms with Gasteiger partial charge in [-0.2, -0.15) is 0 Å². The minimum absolute atomic E-state index is 0.238. The van der Waals surface area contributed by atoms with Crippen LogP contribution < -0.4 is 12.1 Å². The fourth-order valence-corrected chi connectivity index (χ4v) is 9.56. The second-order valence-corrected chi connectivity index (χ2v) is 14.2. The van der Waals surface area contributed by atoms with Crippen LogP contribution in [0.5, 0.6) is 0 Å². The van der Waals surface area contributed by atoms with Crippen LogP contribution >= 0.6 is 11.3 Å². The zero-order valence-electron chi connectivity index (χ0n) is 18.0. The first kappa shape index (κ1) is 21.6. The van der Waals surface area contributed by atoms with Crippen molar-refractivity contribution in [3.8, 4) is 0 Å². The van der Waals surface area contributed by atoms with Gasteiger partial charge in [0.2, 0.25) is 0 Å². The predicted octanol–water partition coefficient (Wildman–Crippen LogP) is 1.01. The second-order valence-electron chi connectivity index (χ2n) is 8.67. The summed E-state index contributed by atoms with van der Waals surface area (Å²) in [7, 11) is 0. The summed E-state index contributed by atoms with van der Waals surface area (Å²) in [6, 6.07) is 4.66. The Balaban J connectivity index is 1.30. The SMILES string of the molecule is CC1Nc2cc[c]([Sn][c]3nnc(C4CCCC4)s3)nc2C=C1N1CCN(CCO)CC1. The number of nitrogens with one attached hydrogen (secondary N) is 1. The van der Waals surface area contributed by atoms with Crippen molar-refractivity contribution in [3.63, 3.8) is 0 Å². The van der Waals surface area contributed by atoms with E-state index in [1.54, 1.807) is 0 Å². The number of aromatic nitrogens is 3. The zero-order chi connectivity index (χ0) is 21.2. The Morgan fingerprint density at radius 3 is 2.74 bits per heavy atom. The van der Waals surface area contributed by atoms with Crippen LogP contribution in [0, 0.1) is 0 Å². The van der Waals surface area contributed by atoms with E-state index < -0.39 is 21.1 Å². The zero-order valence-corrected chi connectivity index (χ0v) is 21.7. The van der Waals surface area contributed by atoms with Gasteiger partial charge in [0.25, 0.3) is 0 Å². The maximum absolute atomic E-state index is 9.18. The molecule has 4 heterocycles. The fraction of sp³-hybridized carbons (Fsp3) is 0.591. The predicted molar refractivity (Wildman–Crippen MR) is 127 cm³/mol. The topological polar surface area (TPSA) is 77.4 Å². The van der Waals surface area contributed by atoms with Crippen molar-refractivity contribution in [1.82, 2.24) is 25.0 Å². The van der Waals surface area contributed by atoms with E-state index >= 15 is 0 Å². The molecule has 2 N–H and O–H groups in total. The van der Waals surface area contributed by atoms with Gasteiger partial charge in [0.1, 0.15) is 0 Å². The molecule has 7 nitrogen and oxygen atoms in total. The van der Waals surface area contributed by atoms with Gasteiger partial charge < -0.3 is 0 Å². The van der Waals surface area contributed by atoms with Crippen molar-refractivity contribution in [2.45, 2.75) is 44.6 Å². The number of aliphatic hydroxyl groups excluding tert-OH is 1. The molecule has 0 bridgehead atoms. The van der Waals surface area contributed by atoms with Crippen molar-refractivity contribution in [3.05, 3.63) is 28.5 Å². The molecule has 0 aromatic carbocycles. The molecule has 1 saturated heterocycles. The van der Waals surface area contributed by atoms with Crippen LogP contribution in [-0.2, 0) is 0 Å². The van der Waals surface area contributed by atoms with E-state index in [0.717, 1.165) is 44.1 Å². The Kier molecular flexibility index (Phi) is 6.78. The molecule has 0 spiro atoms. The van der Waals surface area contributed by atoms with Crippen molar-refractivity contribution in [2.75, 3.05) is 44.6 Å². The van der Waals surface area contributed by atoms with Crippen molar-refractivity contribution in [2.24, 2.45) is 0 Å². The summed E-state index contributed by atoms with van der Waals surface area (Å²) in [6.07, 6.45) is 7.52. The van der Waals surface area contributed by atoms with Gasteiger partial charge in [-0.05, 0) is 0 Å².